The lowest BCUT2D eigenvalue weighted by molar-refractivity contribution is -0.0498. The zero-order valence-corrected chi connectivity index (χ0v) is 15.1. The van der Waals surface area contributed by atoms with E-state index in [4.69, 9.17) is 0 Å². The Bertz CT molecular complexity index is 1310. The number of alkyl halides is 2. The molecule has 1 heterocycles. The fourth-order valence-corrected chi connectivity index (χ4v) is 3.22. The van der Waals surface area contributed by atoms with E-state index in [1.165, 1.54) is 75.9 Å². The third-order valence-electron chi connectivity index (χ3n) is 4.47. The molecule has 152 valence electrons. The summed E-state index contributed by atoms with van der Waals surface area (Å²) in [5.74, 6) is -1.83. The van der Waals surface area contributed by atoms with E-state index >= 15 is 0 Å². The van der Waals surface area contributed by atoms with Gasteiger partial charge in [-0.1, -0.05) is 6.07 Å². The zero-order valence-electron chi connectivity index (χ0n) is 15.1. The standard InChI is InChI=1S/C21H13F3N2O4/c22-13-5-7-14(8-6-13)25-18-10-12(19(27)28)4-9-17(18)26(21(25)29)15-2-1-3-16(11-15)30-20(23)24/h1-11,20H,(H,27,28). The minimum atomic E-state index is -3.03. The maximum Gasteiger partial charge on any atom is 0.387 e. The summed E-state index contributed by atoms with van der Waals surface area (Å²) in [4.78, 5) is 24.7. The van der Waals surface area contributed by atoms with Gasteiger partial charge in [0.2, 0.25) is 0 Å². The van der Waals surface area contributed by atoms with Gasteiger partial charge in [0.05, 0.1) is 28.0 Å². The number of imidazole rings is 1. The molecule has 1 aromatic heterocycles. The Hall–Kier alpha value is -4.01. The Kier molecular flexibility index (Phi) is 4.78. The van der Waals surface area contributed by atoms with Crippen molar-refractivity contribution in [2.24, 2.45) is 0 Å². The number of aromatic nitrogens is 2. The maximum atomic E-state index is 13.4. The number of hydrogen-bond acceptors (Lipinski definition) is 3. The number of fused-ring (bicyclic) bond motifs is 1. The highest BCUT2D eigenvalue weighted by Crippen LogP contribution is 2.25. The van der Waals surface area contributed by atoms with Crippen molar-refractivity contribution in [1.29, 1.82) is 0 Å². The third kappa shape index (κ3) is 3.41. The first kappa shape index (κ1) is 19.3. The zero-order chi connectivity index (χ0) is 21.4. The van der Waals surface area contributed by atoms with E-state index in [9.17, 15) is 27.9 Å². The highest BCUT2D eigenvalue weighted by atomic mass is 19.3. The van der Waals surface area contributed by atoms with Crippen molar-refractivity contribution in [1.82, 2.24) is 9.13 Å². The molecule has 6 nitrogen and oxygen atoms in total. The van der Waals surface area contributed by atoms with Gasteiger partial charge >= 0.3 is 18.3 Å². The number of carboxylic acid groups (broad SMARTS) is 1. The van der Waals surface area contributed by atoms with Gasteiger partial charge in [-0.15, -0.1) is 0 Å². The number of carboxylic acids is 1. The van der Waals surface area contributed by atoms with E-state index in [0.29, 0.717) is 11.2 Å². The summed E-state index contributed by atoms with van der Waals surface area (Å²) >= 11 is 0. The molecule has 0 radical (unpaired) electrons. The average Bonchev–Trinajstić information content (AvgIpc) is 2.99. The van der Waals surface area contributed by atoms with E-state index in [2.05, 4.69) is 4.74 Å². The maximum absolute atomic E-state index is 13.4. The molecule has 0 spiro atoms. The van der Waals surface area contributed by atoms with Crippen LogP contribution in [-0.2, 0) is 0 Å². The Morgan fingerprint density at radius 3 is 2.27 bits per heavy atom. The molecule has 3 aromatic carbocycles. The Morgan fingerprint density at radius 2 is 1.60 bits per heavy atom. The van der Waals surface area contributed by atoms with E-state index in [1.54, 1.807) is 0 Å². The van der Waals surface area contributed by atoms with Crippen molar-refractivity contribution in [2.75, 3.05) is 0 Å². The average molecular weight is 414 g/mol. The number of hydrogen-bond donors (Lipinski definition) is 1. The van der Waals surface area contributed by atoms with Crippen molar-refractivity contribution in [3.05, 3.63) is 88.6 Å². The first-order valence-corrected chi connectivity index (χ1v) is 8.67. The van der Waals surface area contributed by atoms with Crippen LogP contribution in [0.25, 0.3) is 22.4 Å². The first-order chi connectivity index (χ1) is 14.3. The van der Waals surface area contributed by atoms with E-state index in [-0.39, 0.29) is 22.5 Å². The fourth-order valence-electron chi connectivity index (χ4n) is 3.22. The molecule has 4 rings (SSSR count). The van der Waals surface area contributed by atoms with Crippen LogP contribution in [0.15, 0.2) is 71.5 Å². The smallest absolute Gasteiger partial charge is 0.387 e. The second-order valence-corrected chi connectivity index (χ2v) is 6.31. The quantitative estimate of drug-likeness (QED) is 0.531. The Balaban J connectivity index is 2.02. The second-order valence-electron chi connectivity index (χ2n) is 6.31. The van der Waals surface area contributed by atoms with Crippen LogP contribution in [-0.4, -0.2) is 26.8 Å². The highest BCUT2D eigenvalue weighted by molar-refractivity contribution is 5.93. The number of aromatic carboxylic acids is 1. The highest BCUT2D eigenvalue weighted by Gasteiger charge is 2.18. The molecule has 0 atom stereocenters. The van der Waals surface area contributed by atoms with Crippen LogP contribution in [0.3, 0.4) is 0 Å². The van der Waals surface area contributed by atoms with Gasteiger partial charge in [0.1, 0.15) is 11.6 Å². The van der Waals surface area contributed by atoms with Gasteiger partial charge in [-0.2, -0.15) is 8.78 Å². The van der Waals surface area contributed by atoms with Gasteiger partial charge in [-0.05, 0) is 54.6 Å². The molecule has 1 N–H and O–H groups in total. The summed E-state index contributed by atoms with van der Waals surface area (Å²) in [7, 11) is 0. The molecule has 9 heteroatoms. The molecule has 0 aliphatic carbocycles. The van der Waals surface area contributed by atoms with Gasteiger partial charge in [-0.25, -0.2) is 14.0 Å². The number of carbonyl (C=O) groups is 1. The number of benzene rings is 3. The largest absolute Gasteiger partial charge is 0.478 e. The number of rotatable bonds is 5. The summed E-state index contributed by atoms with van der Waals surface area (Å²) in [6.45, 7) is -3.03. The lowest BCUT2D eigenvalue weighted by Crippen LogP contribution is -2.22. The lowest BCUT2D eigenvalue weighted by Gasteiger charge is -2.08. The Morgan fingerprint density at radius 1 is 0.900 bits per heavy atom. The molecule has 0 amide bonds. The molecule has 0 saturated heterocycles. The van der Waals surface area contributed by atoms with Gasteiger partial charge in [0, 0.05) is 6.07 Å². The topological polar surface area (TPSA) is 73.5 Å². The molecule has 0 bridgehead atoms. The van der Waals surface area contributed by atoms with Crippen LogP contribution < -0.4 is 10.4 Å². The van der Waals surface area contributed by atoms with Crippen LogP contribution in [0.1, 0.15) is 10.4 Å². The molecule has 0 aliphatic rings. The van der Waals surface area contributed by atoms with E-state index in [0.717, 1.165) is 0 Å². The van der Waals surface area contributed by atoms with Gasteiger partial charge in [0.15, 0.2) is 0 Å². The summed E-state index contributed by atoms with van der Waals surface area (Å²) in [6.07, 6.45) is 0. The van der Waals surface area contributed by atoms with Gasteiger partial charge in [0.25, 0.3) is 0 Å². The van der Waals surface area contributed by atoms with Crippen LogP contribution in [0.2, 0.25) is 0 Å². The van der Waals surface area contributed by atoms with Crippen molar-refractivity contribution >= 4 is 17.0 Å². The normalized spacial score (nSPS) is 11.2. The van der Waals surface area contributed by atoms with Crippen molar-refractivity contribution in [3.8, 4) is 17.1 Å². The number of ether oxygens (including phenoxy) is 1. The van der Waals surface area contributed by atoms with Gasteiger partial charge < -0.3 is 9.84 Å². The molecule has 0 unspecified atom stereocenters. The van der Waals surface area contributed by atoms with E-state index < -0.39 is 24.1 Å². The molecule has 0 saturated carbocycles. The molecule has 4 aromatic rings. The summed E-state index contributed by atoms with van der Waals surface area (Å²) in [5, 5.41) is 9.32. The van der Waals surface area contributed by atoms with Crippen LogP contribution >= 0.6 is 0 Å². The lowest BCUT2D eigenvalue weighted by atomic mass is 10.2. The minimum absolute atomic E-state index is 0.0507. The molecule has 0 fully saturated rings. The molecule has 0 aliphatic heterocycles. The number of halogens is 3. The summed E-state index contributed by atoms with van der Waals surface area (Å²) in [5.41, 5.74) is 0.508. The van der Waals surface area contributed by atoms with Gasteiger partial charge in [-0.3, -0.25) is 9.13 Å². The molecule has 30 heavy (non-hydrogen) atoms. The summed E-state index contributed by atoms with van der Waals surface area (Å²) < 4.78 is 45.4. The first-order valence-electron chi connectivity index (χ1n) is 8.67. The second kappa shape index (κ2) is 7.43. The third-order valence-corrected chi connectivity index (χ3v) is 4.47. The Labute approximate surface area is 167 Å². The summed E-state index contributed by atoms with van der Waals surface area (Å²) in [6, 6.07) is 14.8. The predicted molar refractivity (Wildman–Crippen MR) is 102 cm³/mol. The SMILES string of the molecule is O=C(O)c1ccc2c(c1)n(-c1ccc(F)cc1)c(=O)n2-c1cccc(OC(F)F)c1. The van der Waals surface area contributed by atoms with Crippen molar-refractivity contribution < 1.29 is 27.8 Å². The molecular formula is C21H13F3N2O4. The van der Waals surface area contributed by atoms with Crippen molar-refractivity contribution in [3.63, 3.8) is 0 Å². The van der Waals surface area contributed by atoms with Crippen LogP contribution in [0, 0.1) is 5.82 Å². The monoisotopic (exact) mass is 414 g/mol. The van der Waals surface area contributed by atoms with Crippen molar-refractivity contribution in [2.45, 2.75) is 6.61 Å². The van der Waals surface area contributed by atoms with Crippen LogP contribution in [0.5, 0.6) is 5.75 Å². The fraction of sp³-hybridized carbons (Fsp3) is 0.0476. The molecular weight excluding hydrogens is 401 g/mol. The number of nitrogens with zero attached hydrogens (tertiary/aromatic N) is 2. The van der Waals surface area contributed by atoms with Crippen LogP contribution in [0.4, 0.5) is 13.2 Å². The predicted octanol–water partition coefficient (Wildman–Crippen LogP) is 4.22. The van der Waals surface area contributed by atoms with E-state index in [1.807, 2.05) is 0 Å². The minimum Gasteiger partial charge on any atom is -0.478 e.